The zero-order valence-electron chi connectivity index (χ0n) is 21.5. The first-order valence-corrected chi connectivity index (χ1v) is 14.0. The fourth-order valence-corrected chi connectivity index (χ4v) is 4.88. The van der Waals surface area contributed by atoms with Crippen molar-refractivity contribution in [3.8, 4) is 0 Å². The van der Waals surface area contributed by atoms with E-state index in [0.717, 1.165) is 11.1 Å². The number of anilines is 1. The van der Waals surface area contributed by atoms with Gasteiger partial charge in [0.05, 0.1) is 11.9 Å². The van der Waals surface area contributed by atoms with Crippen LogP contribution in [0.4, 0.5) is 5.69 Å². The molecule has 7 nitrogen and oxygen atoms in total. The summed E-state index contributed by atoms with van der Waals surface area (Å²) in [6.07, 6.45) is 2.13. The maximum absolute atomic E-state index is 13.4. The average Bonchev–Trinajstić information content (AvgIpc) is 2.81. The molecule has 35 heavy (non-hydrogen) atoms. The number of carbonyl (C=O) groups is 2. The van der Waals surface area contributed by atoms with Gasteiger partial charge in [0, 0.05) is 26.1 Å². The second-order valence-corrected chi connectivity index (χ2v) is 11.2. The molecule has 0 unspecified atom stereocenters. The molecule has 0 heterocycles. The van der Waals surface area contributed by atoms with Gasteiger partial charge >= 0.3 is 0 Å². The van der Waals surface area contributed by atoms with E-state index >= 15 is 0 Å². The van der Waals surface area contributed by atoms with Crippen LogP contribution in [0.25, 0.3) is 0 Å². The number of rotatable bonds is 13. The Hall–Kier alpha value is -2.87. The molecule has 2 rings (SSSR count). The number of benzene rings is 2. The topological polar surface area (TPSA) is 86.8 Å². The Bertz CT molecular complexity index is 1070. The standard InChI is InChI=1S/C27H39N3O4S/c1-6-25(27(32)28-19-21(2)3)29(20-23-14-11-10-13-22(23)4)26(31)17-12-18-30(35(5,33)34)24-15-8-7-9-16-24/h7-11,13-16,21,25H,6,12,17-20H2,1-5H3,(H,28,32)/t25-/m1/s1. The minimum absolute atomic E-state index is 0.138. The normalized spacial score (nSPS) is 12.3. The molecule has 0 saturated carbocycles. The highest BCUT2D eigenvalue weighted by Crippen LogP contribution is 2.20. The zero-order valence-corrected chi connectivity index (χ0v) is 22.3. The summed E-state index contributed by atoms with van der Waals surface area (Å²) in [6, 6.07) is 16.1. The number of nitrogens with one attached hydrogen (secondary N) is 1. The van der Waals surface area contributed by atoms with Gasteiger partial charge in [0.15, 0.2) is 0 Å². The van der Waals surface area contributed by atoms with Crippen LogP contribution < -0.4 is 9.62 Å². The summed E-state index contributed by atoms with van der Waals surface area (Å²) < 4.78 is 26.1. The van der Waals surface area contributed by atoms with E-state index in [1.165, 1.54) is 10.6 Å². The van der Waals surface area contributed by atoms with Gasteiger partial charge in [-0.25, -0.2) is 8.42 Å². The van der Waals surface area contributed by atoms with Crippen LogP contribution in [-0.2, 0) is 26.2 Å². The Morgan fingerprint density at radius 3 is 2.20 bits per heavy atom. The van der Waals surface area contributed by atoms with Gasteiger partial charge in [0.1, 0.15) is 6.04 Å². The molecule has 0 radical (unpaired) electrons. The lowest BCUT2D eigenvalue weighted by atomic mass is 10.0. The van der Waals surface area contributed by atoms with E-state index < -0.39 is 16.1 Å². The molecule has 0 aliphatic heterocycles. The third-order valence-corrected chi connectivity index (χ3v) is 7.06. The zero-order chi connectivity index (χ0) is 26.0. The van der Waals surface area contributed by atoms with Crippen molar-refractivity contribution >= 4 is 27.5 Å². The first kappa shape index (κ1) is 28.4. The summed E-state index contributed by atoms with van der Waals surface area (Å²) in [5, 5.41) is 2.96. The molecule has 2 aromatic rings. The molecule has 0 fully saturated rings. The first-order chi connectivity index (χ1) is 16.5. The van der Waals surface area contributed by atoms with Gasteiger partial charge in [0.25, 0.3) is 0 Å². The molecule has 0 aliphatic carbocycles. The Morgan fingerprint density at radius 1 is 1.00 bits per heavy atom. The van der Waals surface area contributed by atoms with Crippen molar-refractivity contribution in [2.45, 2.75) is 59.5 Å². The summed E-state index contributed by atoms with van der Waals surface area (Å²) in [7, 11) is -3.50. The Labute approximate surface area is 210 Å². The molecular formula is C27H39N3O4S. The van der Waals surface area contributed by atoms with Crippen LogP contribution in [-0.4, -0.2) is 50.5 Å². The molecule has 192 valence electrons. The third-order valence-electron chi connectivity index (χ3n) is 5.87. The molecule has 1 N–H and O–H groups in total. The summed E-state index contributed by atoms with van der Waals surface area (Å²) in [4.78, 5) is 28.1. The molecule has 8 heteroatoms. The Balaban J connectivity index is 2.20. The van der Waals surface area contributed by atoms with E-state index in [-0.39, 0.29) is 24.8 Å². The molecular weight excluding hydrogens is 462 g/mol. The number of aryl methyl sites for hydroxylation is 1. The second-order valence-electron chi connectivity index (χ2n) is 9.29. The number of sulfonamides is 1. The highest BCUT2D eigenvalue weighted by molar-refractivity contribution is 7.92. The van der Waals surface area contributed by atoms with Gasteiger partial charge in [-0.05, 0) is 48.9 Å². The molecule has 0 bridgehead atoms. The lowest BCUT2D eigenvalue weighted by molar-refractivity contribution is -0.141. The number of hydrogen-bond acceptors (Lipinski definition) is 4. The number of nitrogens with zero attached hydrogens (tertiary/aromatic N) is 2. The largest absolute Gasteiger partial charge is 0.354 e. The second kappa shape index (κ2) is 13.3. The predicted molar refractivity (Wildman–Crippen MR) is 142 cm³/mol. The quantitative estimate of drug-likeness (QED) is 0.447. The number of carbonyl (C=O) groups excluding carboxylic acids is 2. The van der Waals surface area contributed by atoms with Crippen LogP contribution in [0.3, 0.4) is 0 Å². The first-order valence-electron chi connectivity index (χ1n) is 12.2. The minimum Gasteiger partial charge on any atom is -0.354 e. The Morgan fingerprint density at radius 2 is 1.63 bits per heavy atom. The lowest BCUT2D eigenvalue weighted by Gasteiger charge is -2.31. The highest BCUT2D eigenvalue weighted by atomic mass is 32.2. The fourth-order valence-electron chi connectivity index (χ4n) is 3.91. The van der Waals surface area contributed by atoms with Gasteiger partial charge in [0.2, 0.25) is 21.8 Å². The number of amides is 2. The van der Waals surface area contributed by atoms with Crippen LogP contribution >= 0.6 is 0 Å². The smallest absolute Gasteiger partial charge is 0.242 e. The molecule has 1 atom stereocenters. The van der Waals surface area contributed by atoms with Gasteiger partial charge in [-0.3, -0.25) is 13.9 Å². The summed E-state index contributed by atoms with van der Waals surface area (Å²) in [5.41, 5.74) is 2.60. The Kier molecular flexibility index (Phi) is 10.8. The molecule has 2 aromatic carbocycles. The maximum atomic E-state index is 13.4. The SMILES string of the molecule is CC[C@H](C(=O)NCC(C)C)N(Cc1ccccc1C)C(=O)CCCN(c1ccccc1)S(C)(=O)=O. The van der Waals surface area contributed by atoms with E-state index in [2.05, 4.69) is 5.32 Å². The van der Waals surface area contributed by atoms with E-state index in [9.17, 15) is 18.0 Å². The van der Waals surface area contributed by atoms with Gasteiger partial charge in [-0.1, -0.05) is 63.2 Å². The van der Waals surface area contributed by atoms with Gasteiger partial charge in [-0.2, -0.15) is 0 Å². The molecule has 2 amide bonds. The predicted octanol–water partition coefficient (Wildman–Crippen LogP) is 4.12. The van der Waals surface area contributed by atoms with Crippen molar-refractivity contribution in [3.63, 3.8) is 0 Å². The summed E-state index contributed by atoms with van der Waals surface area (Å²) in [6.45, 7) is 8.99. The van der Waals surface area contributed by atoms with Crippen LogP contribution in [0.1, 0.15) is 51.2 Å². The average molecular weight is 502 g/mol. The van der Waals surface area contributed by atoms with E-state index in [1.54, 1.807) is 29.2 Å². The van der Waals surface area contributed by atoms with Crippen molar-refractivity contribution in [1.29, 1.82) is 0 Å². The van der Waals surface area contributed by atoms with E-state index in [0.29, 0.717) is 37.5 Å². The monoisotopic (exact) mass is 501 g/mol. The lowest BCUT2D eigenvalue weighted by Crippen LogP contribution is -2.49. The van der Waals surface area contributed by atoms with Crippen molar-refractivity contribution in [2.75, 3.05) is 23.7 Å². The van der Waals surface area contributed by atoms with Gasteiger partial charge < -0.3 is 10.2 Å². The fraction of sp³-hybridized carbons (Fsp3) is 0.481. The maximum Gasteiger partial charge on any atom is 0.242 e. The van der Waals surface area contributed by atoms with E-state index in [1.807, 2.05) is 58.0 Å². The summed E-state index contributed by atoms with van der Waals surface area (Å²) in [5.74, 6) is -0.0246. The summed E-state index contributed by atoms with van der Waals surface area (Å²) >= 11 is 0. The van der Waals surface area contributed by atoms with Crippen molar-refractivity contribution in [3.05, 3.63) is 65.7 Å². The van der Waals surface area contributed by atoms with Crippen molar-refractivity contribution < 1.29 is 18.0 Å². The number of para-hydroxylation sites is 1. The molecule has 0 aliphatic rings. The van der Waals surface area contributed by atoms with E-state index in [4.69, 9.17) is 0 Å². The van der Waals surface area contributed by atoms with Crippen LogP contribution in [0, 0.1) is 12.8 Å². The van der Waals surface area contributed by atoms with Crippen molar-refractivity contribution in [1.82, 2.24) is 10.2 Å². The highest BCUT2D eigenvalue weighted by Gasteiger charge is 2.29. The number of hydrogen-bond donors (Lipinski definition) is 1. The van der Waals surface area contributed by atoms with Crippen molar-refractivity contribution in [2.24, 2.45) is 5.92 Å². The van der Waals surface area contributed by atoms with Crippen LogP contribution in [0.2, 0.25) is 0 Å². The minimum atomic E-state index is -3.50. The molecule has 0 saturated heterocycles. The van der Waals surface area contributed by atoms with Crippen LogP contribution in [0.15, 0.2) is 54.6 Å². The molecule has 0 aromatic heterocycles. The van der Waals surface area contributed by atoms with Gasteiger partial charge in [-0.15, -0.1) is 0 Å². The third kappa shape index (κ3) is 8.69. The molecule has 0 spiro atoms. The van der Waals surface area contributed by atoms with Crippen LogP contribution in [0.5, 0.6) is 0 Å².